The average molecular weight is 494 g/mol. The molecule has 2 rings (SSSR count). The molecular weight excluding hydrogens is 470 g/mol. The number of hydrogen-bond donors (Lipinski definition) is 0. The summed E-state index contributed by atoms with van der Waals surface area (Å²) < 4.78 is 2.30. The van der Waals surface area contributed by atoms with Gasteiger partial charge in [-0.3, -0.25) is 0 Å². The molecule has 0 fully saturated rings. The molecule has 0 aliphatic carbocycles. The van der Waals surface area contributed by atoms with Crippen molar-refractivity contribution >= 4 is 59.9 Å². The molecule has 0 nitrogen and oxygen atoms in total. The van der Waals surface area contributed by atoms with Gasteiger partial charge in [-0.15, -0.1) is 0 Å². The zero-order valence-corrected chi connectivity index (χ0v) is 19.7. The van der Waals surface area contributed by atoms with Gasteiger partial charge >= 0.3 is 130 Å². The van der Waals surface area contributed by atoms with Gasteiger partial charge in [-0.1, -0.05) is 0 Å². The maximum atomic E-state index is 2.61. The Morgan fingerprint density at radius 3 is 2.17 bits per heavy atom. The summed E-state index contributed by atoms with van der Waals surface area (Å²) in [5, 5.41) is 2.26. The van der Waals surface area contributed by atoms with Crippen molar-refractivity contribution < 1.29 is 0 Å². The summed E-state index contributed by atoms with van der Waals surface area (Å²) in [4.78, 5) is 17.1. The van der Waals surface area contributed by atoms with E-state index in [2.05, 4.69) is 65.0 Å². The normalized spacial score (nSPS) is 25.3. The van der Waals surface area contributed by atoms with Crippen molar-refractivity contribution in [3.05, 3.63) is 31.4 Å². The van der Waals surface area contributed by atoms with Gasteiger partial charge in [0.05, 0.1) is 0 Å². The predicted molar refractivity (Wildman–Crippen MR) is 93.0 cm³/mol. The predicted octanol–water partition coefficient (Wildman–Crippen LogP) is 5.72. The Labute approximate surface area is 128 Å². The first-order chi connectivity index (χ1) is 8.17. The summed E-state index contributed by atoms with van der Waals surface area (Å²) in [7, 11) is 0. The standard InChI is InChI=1S/C8H6S2.6CH3.2Sn/c1-3-7(9-5-1)8-4-2-6-10-8;;;;;;;;/h1-3,5H,4H2;6*1H3;;. The summed E-state index contributed by atoms with van der Waals surface area (Å²) in [5.74, 6) is 0. The van der Waals surface area contributed by atoms with E-state index in [0.717, 1.165) is 0 Å². The number of rotatable bonds is 3. The molecule has 0 amide bonds. The molecule has 0 saturated heterocycles. The summed E-state index contributed by atoms with van der Waals surface area (Å²) >= 11 is 0.347. The number of hydrogen-bond acceptors (Lipinski definition) is 2. The van der Waals surface area contributed by atoms with Crippen LogP contribution in [0.4, 0.5) is 0 Å². The molecule has 2 heterocycles. The Hall–Kier alpha value is 1.39. The zero-order chi connectivity index (χ0) is 13.6. The molecular formula is C14H24S2Sn2. The first-order valence-corrected chi connectivity index (χ1v) is 28.3. The Bertz CT molecular complexity index is 449. The molecule has 0 saturated carbocycles. The minimum absolute atomic E-state index is 0.488. The third-order valence-corrected chi connectivity index (χ3v) is 29.6. The molecule has 0 radical (unpaired) electrons. The Balaban J connectivity index is 2.40. The zero-order valence-electron chi connectivity index (χ0n) is 12.3. The summed E-state index contributed by atoms with van der Waals surface area (Å²) in [6.45, 7) is 0. The third kappa shape index (κ3) is 2.86. The van der Waals surface area contributed by atoms with Crippen LogP contribution < -0.4 is 0 Å². The molecule has 0 N–H and O–H groups in total. The average Bonchev–Trinajstić information content (AvgIpc) is 2.85. The molecule has 0 bridgehead atoms. The van der Waals surface area contributed by atoms with Gasteiger partial charge in [-0.2, -0.15) is 0 Å². The van der Waals surface area contributed by atoms with E-state index in [9.17, 15) is 0 Å². The molecule has 4 heteroatoms. The van der Waals surface area contributed by atoms with Crippen molar-refractivity contribution in [2.24, 2.45) is 0 Å². The van der Waals surface area contributed by atoms with Crippen LogP contribution in [0.1, 0.15) is 11.3 Å². The van der Waals surface area contributed by atoms with E-state index in [1.165, 1.54) is 6.42 Å². The molecule has 0 spiro atoms. The van der Waals surface area contributed by atoms with E-state index in [4.69, 9.17) is 0 Å². The van der Waals surface area contributed by atoms with Gasteiger partial charge in [0, 0.05) is 0 Å². The van der Waals surface area contributed by atoms with Crippen LogP contribution in [0.5, 0.6) is 0 Å². The third-order valence-electron chi connectivity index (χ3n) is 3.73. The second kappa shape index (κ2) is 5.30. The molecule has 1 aliphatic rings. The minimum atomic E-state index is -2.04. The van der Waals surface area contributed by atoms with Gasteiger partial charge in [-0.05, 0) is 0 Å². The van der Waals surface area contributed by atoms with Crippen LogP contribution in [-0.2, 0) is 2.76 Å². The number of thioether (sulfide) groups is 1. The van der Waals surface area contributed by atoms with Crippen molar-refractivity contribution in [2.75, 3.05) is 0 Å². The monoisotopic (exact) mass is 496 g/mol. The molecule has 0 aromatic carbocycles. The first kappa shape index (κ1) is 15.8. The van der Waals surface area contributed by atoms with Crippen molar-refractivity contribution in [3.8, 4) is 0 Å². The summed E-state index contributed by atoms with van der Waals surface area (Å²) in [6.07, 6.45) is 3.92. The van der Waals surface area contributed by atoms with Crippen molar-refractivity contribution in [2.45, 2.75) is 38.8 Å². The Morgan fingerprint density at radius 1 is 1.11 bits per heavy atom. The number of thiophene rings is 1. The molecule has 18 heavy (non-hydrogen) atoms. The van der Waals surface area contributed by atoms with Crippen LogP contribution in [0.15, 0.2) is 26.5 Å². The topological polar surface area (TPSA) is 0 Å². The number of allylic oxidation sites excluding steroid dienone is 1. The first-order valence-electron chi connectivity index (χ1n) is 6.60. The molecule has 1 aromatic heterocycles. The van der Waals surface area contributed by atoms with Crippen LogP contribution in [-0.4, -0.2) is 36.8 Å². The SMILES string of the molecule is [CH3][Sn]([CH3])([CH3])[C]1=CC[C](c2cccs2)([Sn]([CH3])([CH3])[CH3])S1. The van der Waals surface area contributed by atoms with Gasteiger partial charge in [0.2, 0.25) is 0 Å². The van der Waals surface area contributed by atoms with Gasteiger partial charge in [0.15, 0.2) is 0 Å². The maximum absolute atomic E-state index is 2.61. The molecule has 100 valence electrons. The fourth-order valence-electron chi connectivity index (χ4n) is 2.45. The molecule has 1 aliphatic heterocycles. The van der Waals surface area contributed by atoms with Crippen LogP contribution in [0, 0.1) is 0 Å². The fraction of sp³-hybridized carbons (Fsp3) is 0.571. The van der Waals surface area contributed by atoms with Crippen LogP contribution in [0.25, 0.3) is 0 Å². The van der Waals surface area contributed by atoms with Gasteiger partial charge in [-0.25, -0.2) is 0 Å². The second-order valence-corrected chi connectivity index (χ2v) is 41.2. The van der Waals surface area contributed by atoms with E-state index in [1.54, 1.807) is 4.88 Å². The van der Waals surface area contributed by atoms with Crippen molar-refractivity contribution in [3.63, 3.8) is 0 Å². The van der Waals surface area contributed by atoms with Gasteiger partial charge in [0.25, 0.3) is 0 Å². The van der Waals surface area contributed by atoms with E-state index >= 15 is 0 Å². The van der Waals surface area contributed by atoms with Gasteiger partial charge in [0.1, 0.15) is 0 Å². The van der Waals surface area contributed by atoms with E-state index in [-0.39, 0.29) is 0 Å². The van der Waals surface area contributed by atoms with Crippen LogP contribution in [0.3, 0.4) is 0 Å². The Kier molecular flexibility index (Phi) is 4.64. The van der Waals surface area contributed by atoms with Gasteiger partial charge < -0.3 is 0 Å². The summed E-state index contributed by atoms with van der Waals surface area (Å²) in [6, 6.07) is 4.62. The second-order valence-electron chi connectivity index (χ2n) is 7.18. The molecule has 1 aromatic rings. The Morgan fingerprint density at radius 2 is 1.78 bits per heavy atom. The van der Waals surface area contributed by atoms with Crippen molar-refractivity contribution in [1.29, 1.82) is 0 Å². The van der Waals surface area contributed by atoms with E-state index in [1.807, 2.05) is 14.3 Å². The summed E-state index contributed by atoms with van der Waals surface area (Å²) in [5.41, 5.74) is 0. The van der Waals surface area contributed by atoms with Crippen LogP contribution >= 0.6 is 23.1 Å². The van der Waals surface area contributed by atoms with Crippen LogP contribution in [0.2, 0.25) is 29.6 Å². The quantitative estimate of drug-likeness (QED) is 0.485. The van der Waals surface area contributed by atoms with E-state index in [0.29, 0.717) is 2.76 Å². The van der Waals surface area contributed by atoms with E-state index < -0.39 is 36.8 Å². The van der Waals surface area contributed by atoms with Crippen molar-refractivity contribution in [1.82, 2.24) is 0 Å². The molecule has 1 atom stereocenters. The fourth-order valence-corrected chi connectivity index (χ4v) is 24.1. The molecule has 1 unspecified atom stereocenters.